The van der Waals surface area contributed by atoms with Crippen LogP contribution in [0.2, 0.25) is 25.3 Å². The monoisotopic (exact) mass is 551 g/mol. The van der Waals surface area contributed by atoms with Crippen molar-refractivity contribution in [2.75, 3.05) is 0 Å². The van der Waals surface area contributed by atoms with E-state index in [1.54, 1.807) is 0 Å². The zero-order chi connectivity index (χ0) is 31.6. The molecule has 2 fully saturated rings. The zero-order valence-electron chi connectivity index (χ0n) is 29.9. The Kier molecular flexibility index (Phi) is 42.8. The molecule has 0 N–H and O–H groups in total. The van der Waals surface area contributed by atoms with Crippen LogP contribution in [0, 0.1) is 25.7 Å². The Bertz CT molecular complexity index is 582. The van der Waals surface area contributed by atoms with Crippen molar-refractivity contribution >= 4 is 14.6 Å². The summed E-state index contributed by atoms with van der Waals surface area (Å²) in [5.74, 6) is 3.95. The molecule has 0 aromatic heterocycles. The van der Waals surface area contributed by atoms with Crippen molar-refractivity contribution in [3.8, 4) is 0 Å². The summed E-state index contributed by atoms with van der Waals surface area (Å²) in [6.45, 7) is 29.0. The summed E-state index contributed by atoms with van der Waals surface area (Å²) in [5, 5.41) is 0. The van der Waals surface area contributed by atoms with Crippen LogP contribution in [-0.4, -0.2) is 14.6 Å². The van der Waals surface area contributed by atoms with Gasteiger partial charge in [0.15, 0.2) is 0 Å². The standard InChI is InChI=1S/C14H26B.2C7H8.C2H6B.4C2H6/c1-11-3-7-13(8-4-11)15-14-9-5-12(2)6-10-14;2*1-7-5-3-2-4-6-7;1-3-2;4*1-2/h11-14H,3-10H2,1-2H3;2*2-6H,1H3;1-2H3;4*1-2H3. The highest BCUT2D eigenvalue weighted by Gasteiger charge is 2.25. The van der Waals surface area contributed by atoms with Gasteiger partial charge in [-0.3, -0.25) is 0 Å². The van der Waals surface area contributed by atoms with Gasteiger partial charge in [0.1, 0.15) is 14.6 Å². The van der Waals surface area contributed by atoms with Gasteiger partial charge in [0.2, 0.25) is 0 Å². The van der Waals surface area contributed by atoms with E-state index in [4.69, 9.17) is 0 Å². The molecule has 40 heavy (non-hydrogen) atoms. The van der Waals surface area contributed by atoms with Crippen LogP contribution >= 0.6 is 0 Å². The van der Waals surface area contributed by atoms with Crippen molar-refractivity contribution in [3.63, 3.8) is 0 Å². The molecular formula is C38H72B2. The van der Waals surface area contributed by atoms with Gasteiger partial charge in [-0.25, -0.2) is 0 Å². The van der Waals surface area contributed by atoms with Crippen LogP contribution < -0.4 is 0 Å². The first-order valence-electron chi connectivity index (χ1n) is 17.1. The fourth-order valence-corrected chi connectivity index (χ4v) is 4.41. The smallest absolute Gasteiger partial charge is 0.0922 e. The molecule has 0 spiro atoms. The highest BCUT2D eigenvalue weighted by Crippen LogP contribution is 2.39. The van der Waals surface area contributed by atoms with E-state index in [0.717, 1.165) is 23.5 Å². The highest BCUT2D eigenvalue weighted by atomic mass is 14.2. The second kappa shape index (κ2) is 37.6. The fourth-order valence-electron chi connectivity index (χ4n) is 4.41. The van der Waals surface area contributed by atoms with Crippen molar-refractivity contribution in [1.29, 1.82) is 0 Å². The van der Waals surface area contributed by atoms with Gasteiger partial charge in [-0.1, -0.05) is 218 Å². The zero-order valence-corrected chi connectivity index (χ0v) is 29.9. The van der Waals surface area contributed by atoms with Crippen LogP contribution in [-0.2, 0) is 0 Å². The molecule has 0 nitrogen and oxygen atoms in total. The molecule has 2 radical (unpaired) electrons. The minimum atomic E-state index is 0.972. The lowest BCUT2D eigenvalue weighted by atomic mass is 9.47. The van der Waals surface area contributed by atoms with Crippen LogP contribution in [0.1, 0.15) is 132 Å². The van der Waals surface area contributed by atoms with E-state index in [2.05, 4.69) is 59.2 Å². The maximum absolute atomic E-state index is 2.73. The van der Waals surface area contributed by atoms with E-state index in [0.29, 0.717) is 0 Å². The molecule has 230 valence electrons. The second-order valence-electron chi connectivity index (χ2n) is 10.1. The van der Waals surface area contributed by atoms with Gasteiger partial charge in [0, 0.05) is 0 Å². The molecule has 0 unspecified atom stereocenters. The number of rotatable bonds is 2. The van der Waals surface area contributed by atoms with Crippen molar-refractivity contribution in [3.05, 3.63) is 71.8 Å². The average molecular weight is 551 g/mol. The van der Waals surface area contributed by atoms with Crippen molar-refractivity contribution < 1.29 is 0 Å². The summed E-state index contributed by atoms with van der Waals surface area (Å²) < 4.78 is 0. The normalized spacial score (nSPS) is 19.9. The minimum absolute atomic E-state index is 0.972. The maximum atomic E-state index is 2.73. The molecule has 4 rings (SSSR count). The van der Waals surface area contributed by atoms with Gasteiger partial charge in [0.25, 0.3) is 0 Å². The van der Waals surface area contributed by atoms with E-state index in [9.17, 15) is 0 Å². The maximum Gasteiger partial charge on any atom is 0.117 e. The molecule has 0 saturated heterocycles. The molecule has 0 bridgehead atoms. The summed E-state index contributed by atoms with van der Waals surface area (Å²) in [7, 11) is 4.73. The molecule has 2 heteroatoms. The van der Waals surface area contributed by atoms with Crippen LogP contribution in [0.3, 0.4) is 0 Å². The van der Waals surface area contributed by atoms with E-state index in [1.807, 2.05) is 113 Å². The summed E-state index contributed by atoms with van der Waals surface area (Å²) in [6, 6.07) is 20.5. The largest absolute Gasteiger partial charge is 0.117 e. The van der Waals surface area contributed by atoms with Gasteiger partial charge in [-0.05, 0) is 25.7 Å². The van der Waals surface area contributed by atoms with Gasteiger partial charge >= 0.3 is 0 Å². The highest BCUT2D eigenvalue weighted by molar-refractivity contribution is 6.39. The fraction of sp³-hybridized carbons (Fsp3) is 0.684. The Balaban J connectivity index is -0.000000220. The number of aryl methyl sites for hydroxylation is 2. The van der Waals surface area contributed by atoms with Crippen LogP contribution in [0.4, 0.5) is 0 Å². The van der Waals surface area contributed by atoms with Gasteiger partial charge in [-0.15, -0.1) is 0 Å². The van der Waals surface area contributed by atoms with E-state index < -0.39 is 0 Å². The topological polar surface area (TPSA) is 0 Å². The lowest BCUT2D eigenvalue weighted by molar-refractivity contribution is 0.364. The third kappa shape index (κ3) is 31.1. The van der Waals surface area contributed by atoms with Gasteiger partial charge in [-0.2, -0.15) is 0 Å². The molecule has 2 aromatic rings. The lowest BCUT2D eigenvalue weighted by Crippen LogP contribution is -2.20. The van der Waals surface area contributed by atoms with Crippen molar-refractivity contribution in [2.45, 2.75) is 160 Å². The minimum Gasteiger partial charge on any atom is -0.0922 e. The summed E-state index contributed by atoms with van der Waals surface area (Å²) in [6.07, 6.45) is 11.8. The first-order chi connectivity index (χ1) is 19.4. The average Bonchev–Trinajstić information content (AvgIpc) is 3.01. The van der Waals surface area contributed by atoms with E-state index in [1.165, 1.54) is 62.5 Å². The van der Waals surface area contributed by atoms with Crippen molar-refractivity contribution in [2.24, 2.45) is 11.8 Å². The summed E-state index contributed by atoms with van der Waals surface area (Å²) in [4.78, 5) is 0. The van der Waals surface area contributed by atoms with Gasteiger partial charge in [0.05, 0.1) is 0 Å². The molecule has 2 aliphatic carbocycles. The predicted molar refractivity (Wildman–Crippen MR) is 194 cm³/mol. The molecule has 2 saturated carbocycles. The Morgan fingerprint density at radius 2 is 0.675 bits per heavy atom. The Labute approximate surface area is 257 Å². The lowest BCUT2D eigenvalue weighted by Gasteiger charge is -2.31. The third-order valence-corrected chi connectivity index (χ3v) is 6.55. The van der Waals surface area contributed by atoms with E-state index in [-0.39, 0.29) is 0 Å². The molecule has 0 heterocycles. The molecule has 2 aromatic carbocycles. The van der Waals surface area contributed by atoms with Crippen LogP contribution in [0.5, 0.6) is 0 Å². The predicted octanol–water partition coefficient (Wildman–Crippen LogP) is 13.6. The first kappa shape index (κ1) is 45.6. The second-order valence-corrected chi connectivity index (χ2v) is 10.1. The SMILES string of the molecule is CC.CC.CC.CC.CC1CCC([B]C2CCC(C)CC2)CC1.C[B]C.Cc1ccccc1.Cc1ccccc1. The van der Waals surface area contributed by atoms with Crippen LogP contribution in [0.15, 0.2) is 60.7 Å². The van der Waals surface area contributed by atoms with Crippen molar-refractivity contribution in [1.82, 2.24) is 0 Å². The Hall–Kier alpha value is -1.43. The van der Waals surface area contributed by atoms with E-state index >= 15 is 0 Å². The molecule has 0 aliphatic heterocycles. The first-order valence-corrected chi connectivity index (χ1v) is 17.1. The number of benzene rings is 2. The van der Waals surface area contributed by atoms with Gasteiger partial charge < -0.3 is 0 Å². The molecule has 0 atom stereocenters. The van der Waals surface area contributed by atoms with Crippen LogP contribution in [0.25, 0.3) is 0 Å². The molecular weight excluding hydrogens is 478 g/mol. The molecule has 2 aliphatic rings. The Morgan fingerprint density at radius 3 is 0.850 bits per heavy atom. The summed E-state index contributed by atoms with van der Waals surface area (Å²) in [5.41, 5.74) is 2.64. The number of hydrogen-bond donors (Lipinski definition) is 0. The molecule has 0 amide bonds. The Morgan fingerprint density at radius 1 is 0.450 bits per heavy atom. The quantitative estimate of drug-likeness (QED) is 0.326. The summed E-state index contributed by atoms with van der Waals surface area (Å²) >= 11 is 0. The third-order valence-electron chi connectivity index (χ3n) is 6.55. The number of hydrogen-bond acceptors (Lipinski definition) is 0.